The summed E-state index contributed by atoms with van der Waals surface area (Å²) >= 11 is 0. The normalized spacial score (nSPS) is 14.5. The van der Waals surface area contributed by atoms with Gasteiger partial charge >= 0.3 is 0 Å². The van der Waals surface area contributed by atoms with Gasteiger partial charge in [-0.3, -0.25) is 4.79 Å². The zero-order chi connectivity index (χ0) is 20.7. The number of H-pyrrole nitrogens is 1. The topological polar surface area (TPSA) is 70.1 Å². The largest absolute Gasteiger partial charge is 0.366 e. The number of hydrogen-bond acceptors (Lipinski definition) is 4. The number of hydrogen-bond donors (Lipinski definition) is 1. The molecular weight excluding hydrogens is 383 g/mol. The molecule has 3 heterocycles. The molecule has 7 nitrogen and oxygen atoms in total. The van der Waals surface area contributed by atoms with E-state index in [1.54, 1.807) is 29.5 Å². The van der Waals surface area contributed by atoms with E-state index in [4.69, 9.17) is 0 Å². The number of amides is 1. The number of carbonyl (C=O) groups is 1. The van der Waals surface area contributed by atoms with E-state index in [0.717, 1.165) is 16.7 Å². The fourth-order valence-corrected chi connectivity index (χ4v) is 4.06. The Hall–Kier alpha value is -3.68. The van der Waals surface area contributed by atoms with E-state index >= 15 is 0 Å². The van der Waals surface area contributed by atoms with Crippen molar-refractivity contribution in [2.45, 2.75) is 0 Å². The molecule has 1 N–H and O–H groups in total. The maximum absolute atomic E-state index is 13.9. The molecule has 0 aliphatic carbocycles. The van der Waals surface area contributed by atoms with Gasteiger partial charge in [0.05, 0.1) is 35.7 Å². The Morgan fingerprint density at radius 1 is 1.13 bits per heavy atom. The monoisotopic (exact) mass is 404 g/mol. The van der Waals surface area contributed by atoms with E-state index in [1.165, 1.54) is 12.1 Å². The average molecular weight is 404 g/mol. The highest BCUT2D eigenvalue weighted by atomic mass is 19.1. The van der Waals surface area contributed by atoms with Gasteiger partial charge < -0.3 is 19.4 Å². The lowest BCUT2D eigenvalue weighted by atomic mass is 10.0. The van der Waals surface area contributed by atoms with Crippen molar-refractivity contribution in [2.24, 2.45) is 7.05 Å². The number of halogens is 1. The van der Waals surface area contributed by atoms with Crippen LogP contribution in [0.25, 0.3) is 22.3 Å². The van der Waals surface area contributed by atoms with Crippen molar-refractivity contribution in [1.29, 1.82) is 0 Å². The Bertz CT molecular complexity index is 1220. The summed E-state index contributed by atoms with van der Waals surface area (Å²) in [6, 6.07) is 10.4. The van der Waals surface area contributed by atoms with Gasteiger partial charge in [0.1, 0.15) is 11.3 Å². The Morgan fingerprint density at radius 3 is 2.73 bits per heavy atom. The predicted octanol–water partition coefficient (Wildman–Crippen LogP) is 3.06. The van der Waals surface area contributed by atoms with E-state index < -0.39 is 0 Å². The highest BCUT2D eigenvalue weighted by molar-refractivity contribution is 6.00. The zero-order valence-electron chi connectivity index (χ0n) is 16.5. The van der Waals surface area contributed by atoms with Crippen LogP contribution in [0, 0.1) is 5.82 Å². The number of anilines is 1. The number of piperazine rings is 1. The Morgan fingerprint density at radius 2 is 1.97 bits per heavy atom. The van der Waals surface area contributed by atoms with Crippen LogP contribution in [0.3, 0.4) is 0 Å². The highest BCUT2D eigenvalue weighted by Crippen LogP contribution is 2.28. The van der Waals surface area contributed by atoms with E-state index in [9.17, 15) is 9.18 Å². The zero-order valence-corrected chi connectivity index (χ0v) is 16.5. The molecule has 0 spiro atoms. The molecule has 2 aromatic carbocycles. The number of aromatic nitrogens is 4. The van der Waals surface area contributed by atoms with Crippen molar-refractivity contribution in [3.63, 3.8) is 0 Å². The number of nitrogens with one attached hydrogen (secondary N) is 1. The van der Waals surface area contributed by atoms with E-state index in [0.29, 0.717) is 43.0 Å². The number of nitrogens with zero attached hydrogens (tertiary/aromatic N) is 5. The van der Waals surface area contributed by atoms with Gasteiger partial charge in [0.2, 0.25) is 0 Å². The van der Waals surface area contributed by atoms with Gasteiger partial charge in [-0.25, -0.2) is 14.4 Å². The molecule has 0 bridgehead atoms. The minimum atomic E-state index is -0.375. The first-order valence-corrected chi connectivity index (χ1v) is 9.84. The standard InChI is InChI=1S/C22H21FN6O/c1-27-14-24-12-20(27)17-11-15(23)5-6-16(17)22(30)29-9-7-28(8-10-29)19-4-2-3-18-21(19)26-13-25-18/h2-6,11-14H,7-10H2,1H3,(H,25,26). The number of imidazole rings is 2. The molecule has 1 saturated heterocycles. The lowest BCUT2D eigenvalue weighted by molar-refractivity contribution is 0.0747. The Balaban J connectivity index is 1.38. The fourth-order valence-electron chi connectivity index (χ4n) is 4.06. The van der Waals surface area contributed by atoms with Crippen LogP contribution in [-0.4, -0.2) is 56.5 Å². The first-order valence-electron chi connectivity index (χ1n) is 9.84. The summed E-state index contributed by atoms with van der Waals surface area (Å²) < 4.78 is 15.7. The van der Waals surface area contributed by atoms with Crippen molar-refractivity contribution in [2.75, 3.05) is 31.1 Å². The third-order valence-electron chi connectivity index (χ3n) is 5.64. The maximum atomic E-state index is 13.9. The molecule has 1 fully saturated rings. The summed E-state index contributed by atoms with van der Waals surface area (Å²) in [6.07, 6.45) is 4.99. The summed E-state index contributed by atoms with van der Waals surface area (Å²) in [5, 5.41) is 0. The second-order valence-corrected chi connectivity index (χ2v) is 7.43. The Labute approximate surface area is 172 Å². The second-order valence-electron chi connectivity index (χ2n) is 7.43. The van der Waals surface area contributed by atoms with Crippen LogP contribution < -0.4 is 4.90 Å². The minimum Gasteiger partial charge on any atom is -0.366 e. The van der Waals surface area contributed by atoms with Crippen LogP contribution in [0.15, 0.2) is 55.2 Å². The number of benzene rings is 2. The highest BCUT2D eigenvalue weighted by Gasteiger charge is 2.26. The summed E-state index contributed by atoms with van der Waals surface area (Å²) in [4.78, 5) is 29.0. The molecule has 0 saturated carbocycles. The van der Waals surface area contributed by atoms with Gasteiger partial charge in [-0.05, 0) is 30.3 Å². The molecule has 1 amide bonds. The van der Waals surface area contributed by atoms with E-state index in [-0.39, 0.29) is 11.7 Å². The molecule has 8 heteroatoms. The SMILES string of the molecule is Cn1cncc1-c1cc(F)ccc1C(=O)N1CCN(c2cccc3[nH]cnc23)CC1. The van der Waals surface area contributed by atoms with Crippen molar-refractivity contribution in [3.05, 3.63) is 66.6 Å². The van der Waals surface area contributed by atoms with Gasteiger partial charge in [0.25, 0.3) is 5.91 Å². The molecular formula is C22H21FN6O. The van der Waals surface area contributed by atoms with Crippen LogP contribution in [0.4, 0.5) is 10.1 Å². The number of para-hydroxylation sites is 1. The molecule has 1 aliphatic heterocycles. The first-order chi connectivity index (χ1) is 14.6. The van der Waals surface area contributed by atoms with Gasteiger partial charge in [0, 0.05) is 44.4 Å². The lowest BCUT2D eigenvalue weighted by Crippen LogP contribution is -2.49. The number of fused-ring (bicyclic) bond motifs is 1. The second kappa shape index (κ2) is 7.29. The van der Waals surface area contributed by atoms with Crippen LogP contribution in [-0.2, 0) is 7.05 Å². The Kier molecular flexibility index (Phi) is 4.46. The van der Waals surface area contributed by atoms with Crippen molar-refractivity contribution in [1.82, 2.24) is 24.4 Å². The van der Waals surface area contributed by atoms with Crippen LogP contribution in [0.1, 0.15) is 10.4 Å². The number of rotatable bonds is 3. The minimum absolute atomic E-state index is 0.0937. The summed E-state index contributed by atoms with van der Waals surface area (Å²) in [7, 11) is 1.83. The van der Waals surface area contributed by atoms with Gasteiger partial charge in [-0.1, -0.05) is 6.07 Å². The quantitative estimate of drug-likeness (QED) is 0.570. The summed E-state index contributed by atoms with van der Waals surface area (Å²) in [5.41, 5.74) is 4.76. The molecule has 152 valence electrons. The van der Waals surface area contributed by atoms with Gasteiger partial charge in [-0.15, -0.1) is 0 Å². The molecule has 2 aromatic heterocycles. The van der Waals surface area contributed by atoms with Crippen molar-refractivity contribution in [3.8, 4) is 11.3 Å². The predicted molar refractivity (Wildman–Crippen MR) is 113 cm³/mol. The van der Waals surface area contributed by atoms with Crippen molar-refractivity contribution >= 4 is 22.6 Å². The molecule has 0 unspecified atom stereocenters. The van der Waals surface area contributed by atoms with Crippen LogP contribution >= 0.6 is 0 Å². The van der Waals surface area contributed by atoms with E-state index in [1.807, 2.05) is 24.1 Å². The molecule has 1 aliphatic rings. The van der Waals surface area contributed by atoms with Crippen LogP contribution in [0.5, 0.6) is 0 Å². The third-order valence-corrected chi connectivity index (χ3v) is 5.64. The maximum Gasteiger partial charge on any atom is 0.254 e. The lowest BCUT2D eigenvalue weighted by Gasteiger charge is -2.36. The molecule has 4 aromatic rings. The third kappa shape index (κ3) is 3.10. The number of carbonyl (C=O) groups excluding carboxylic acids is 1. The van der Waals surface area contributed by atoms with Gasteiger partial charge in [0.15, 0.2) is 0 Å². The van der Waals surface area contributed by atoms with Gasteiger partial charge in [-0.2, -0.15) is 0 Å². The first kappa shape index (κ1) is 18.4. The molecule has 0 radical (unpaired) electrons. The average Bonchev–Trinajstić information content (AvgIpc) is 3.42. The summed E-state index contributed by atoms with van der Waals surface area (Å²) in [5.74, 6) is -0.469. The smallest absolute Gasteiger partial charge is 0.254 e. The van der Waals surface area contributed by atoms with Crippen molar-refractivity contribution < 1.29 is 9.18 Å². The van der Waals surface area contributed by atoms with E-state index in [2.05, 4.69) is 25.9 Å². The van der Waals surface area contributed by atoms with Crippen LogP contribution in [0.2, 0.25) is 0 Å². The summed E-state index contributed by atoms with van der Waals surface area (Å²) in [6.45, 7) is 2.59. The number of aromatic amines is 1. The fraction of sp³-hybridized carbons (Fsp3) is 0.227. The molecule has 30 heavy (non-hydrogen) atoms. The molecule has 0 atom stereocenters. The number of aryl methyl sites for hydroxylation is 1. The molecule has 5 rings (SSSR count).